The Balaban J connectivity index is 1.78. The summed E-state index contributed by atoms with van der Waals surface area (Å²) in [4.78, 5) is 22.8. The summed E-state index contributed by atoms with van der Waals surface area (Å²) >= 11 is 0. The van der Waals surface area contributed by atoms with E-state index in [1.54, 1.807) is 0 Å². The number of nitrogens with one attached hydrogen (secondary N) is 2. The molecule has 2 heterocycles. The van der Waals surface area contributed by atoms with Gasteiger partial charge in [-0.3, -0.25) is 9.69 Å². The number of carbonyl (C=O) groups excluding carboxylic acids is 1. The second kappa shape index (κ2) is 7.47. The number of nitrogens with zero attached hydrogens (tertiary/aromatic N) is 3. The molecule has 0 unspecified atom stereocenters. The average Bonchev–Trinajstić information content (AvgIpc) is 2.45. The predicted octanol–water partition coefficient (Wildman–Crippen LogP) is 0.393. The molecule has 6 heteroatoms. The van der Waals surface area contributed by atoms with Crippen LogP contribution in [0.2, 0.25) is 0 Å². The number of likely N-dealkylation sites (N-methyl/N-ethyl adjacent to an activating group) is 1. The highest BCUT2D eigenvalue weighted by atomic mass is 16.2. The van der Waals surface area contributed by atoms with Crippen molar-refractivity contribution in [3.05, 3.63) is 23.3 Å². The molecule has 1 fully saturated rings. The molecular formula is C15H25N5O. The minimum Gasteiger partial charge on any atom is -0.348 e. The standard InChI is InChI=1S/C15H25N5O/c1-11-8-12(2)19-14(18-11)9-17-15(21)10-20(3)13-4-6-16-7-5-13/h8,13,16H,4-7,9-10H2,1-3H3,(H,17,21). The van der Waals surface area contributed by atoms with E-state index in [4.69, 9.17) is 0 Å². The van der Waals surface area contributed by atoms with Crippen LogP contribution in [0.5, 0.6) is 0 Å². The van der Waals surface area contributed by atoms with Crippen molar-refractivity contribution in [1.29, 1.82) is 0 Å². The van der Waals surface area contributed by atoms with Gasteiger partial charge < -0.3 is 10.6 Å². The van der Waals surface area contributed by atoms with E-state index < -0.39 is 0 Å². The van der Waals surface area contributed by atoms with Gasteiger partial charge >= 0.3 is 0 Å². The molecule has 2 N–H and O–H groups in total. The van der Waals surface area contributed by atoms with E-state index in [0.717, 1.165) is 37.3 Å². The maximum atomic E-state index is 12.0. The monoisotopic (exact) mass is 291 g/mol. The maximum absolute atomic E-state index is 12.0. The highest BCUT2D eigenvalue weighted by Gasteiger charge is 2.19. The lowest BCUT2D eigenvalue weighted by atomic mass is 10.1. The van der Waals surface area contributed by atoms with E-state index in [1.807, 2.05) is 27.0 Å². The lowest BCUT2D eigenvalue weighted by Crippen LogP contribution is -2.45. The number of carbonyl (C=O) groups is 1. The van der Waals surface area contributed by atoms with Gasteiger partial charge in [0.1, 0.15) is 5.82 Å². The molecule has 0 bridgehead atoms. The summed E-state index contributed by atoms with van der Waals surface area (Å²) < 4.78 is 0. The molecule has 21 heavy (non-hydrogen) atoms. The van der Waals surface area contributed by atoms with Crippen molar-refractivity contribution >= 4 is 5.91 Å². The van der Waals surface area contributed by atoms with Crippen LogP contribution in [0.3, 0.4) is 0 Å². The van der Waals surface area contributed by atoms with Crippen LogP contribution in [0.25, 0.3) is 0 Å². The van der Waals surface area contributed by atoms with Crippen molar-refractivity contribution in [2.75, 3.05) is 26.7 Å². The fraction of sp³-hybridized carbons (Fsp3) is 0.667. The number of hydrogen-bond donors (Lipinski definition) is 2. The van der Waals surface area contributed by atoms with Gasteiger partial charge in [0, 0.05) is 17.4 Å². The Bertz CT molecular complexity index is 465. The summed E-state index contributed by atoms with van der Waals surface area (Å²) in [5.74, 6) is 0.698. The topological polar surface area (TPSA) is 70.2 Å². The normalized spacial score (nSPS) is 16.2. The third-order valence-electron chi connectivity index (χ3n) is 3.80. The Hall–Kier alpha value is -1.53. The number of aryl methyl sites for hydroxylation is 2. The summed E-state index contributed by atoms with van der Waals surface area (Å²) in [5.41, 5.74) is 1.86. The van der Waals surface area contributed by atoms with E-state index in [-0.39, 0.29) is 5.91 Å². The minimum atomic E-state index is 0.0267. The molecule has 1 aromatic rings. The van der Waals surface area contributed by atoms with Gasteiger partial charge in [0.2, 0.25) is 5.91 Å². The van der Waals surface area contributed by atoms with Crippen molar-refractivity contribution in [2.45, 2.75) is 39.3 Å². The molecule has 0 atom stereocenters. The molecule has 1 aliphatic rings. The van der Waals surface area contributed by atoms with E-state index in [2.05, 4.69) is 25.5 Å². The third kappa shape index (κ3) is 5.06. The lowest BCUT2D eigenvalue weighted by Gasteiger charge is -2.31. The van der Waals surface area contributed by atoms with Crippen LogP contribution in [-0.4, -0.2) is 53.5 Å². The van der Waals surface area contributed by atoms with Crippen LogP contribution in [0.15, 0.2) is 6.07 Å². The SMILES string of the molecule is Cc1cc(C)nc(CNC(=O)CN(C)C2CCNCC2)n1. The second-order valence-electron chi connectivity index (χ2n) is 5.74. The zero-order valence-corrected chi connectivity index (χ0v) is 13.1. The van der Waals surface area contributed by atoms with Gasteiger partial charge in [0.05, 0.1) is 13.1 Å². The lowest BCUT2D eigenvalue weighted by molar-refractivity contribution is -0.122. The Morgan fingerprint density at radius 3 is 2.57 bits per heavy atom. The Labute approximate surface area is 126 Å². The Morgan fingerprint density at radius 1 is 1.33 bits per heavy atom. The molecule has 0 radical (unpaired) electrons. The summed E-state index contributed by atoms with van der Waals surface area (Å²) in [5, 5.41) is 6.24. The van der Waals surface area contributed by atoms with Crippen molar-refractivity contribution in [3.63, 3.8) is 0 Å². The van der Waals surface area contributed by atoms with E-state index in [0.29, 0.717) is 25.0 Å². The molecule has 1 aliphatic heterocycles. The molecule has 1 aromatic heterocycles. The molecule has 0 saturated carbocycles. The van der Waals surface area contributed by atoms with Crippen LogP contribution < -0.4 is 10.6 Å². The zero-order valence-electron chi connectivity index (χ0n) is 13.1. The number of aromatic nitrogens is 2. The number of hydrogen-bond acceptors (Lipinski definition) is 5. The quantitative estimate of drug-likeness (QED) is 0.821. The molecule has 1 saturated heterocycles. The van der Waals surface area contributed by atoms with Gasteiger partial charge in [0.25, 0.3) is 0 Å². The van der Waals surface area contributed by atoms with Crippen LogP contribution in [-0.2, 0) is 11.3 Å². The van der Waals surface area contributed by atoms with E-state index >= 15 is 0 Å². The minimum absolute atomic E-state index is 0.0267. The molecule has 0 aliphatic carbocycles. The molecular weight excluding hydrogens is 266 g/mol. The molecule has 6 nitrogen and oxygen atoms in total. The van der Waals surface area contributed by atoms with Crippen molar-refractivity contribution in [2.24, 2.45) is 0 Å². The highest BCUT2D eigenvalue weighted by molar-refractivity contribution is 5.77. The van der Waals surface area contributed by atoms with Crippen LogP contribution in [0, 0.1) is 13.8 Å². The van der Waals surface area contributed by atoms with Crippen molar-refractivity contribution in [1.82, 2.24) is 25.5 Å². The fourth-order valence-corrected chi connectivity index (χ4v) is 2.71. The largest absolute Gasteiger partial charge is 0.348 e. The van der Waals surface area contributed by atoms with Gasteiger partial charge in [-0.15, -0.1) is 0 Å². The molecule has 0 aromatic carbocycles. The van der Waals surface area contributed by atoms with Gasteiger partial charge in [-0.2, -0.15) is 0 Å². The predicted molar refractivity (Wildman–Crippen MR) is 81.9 cm³/mol. The number of piperidine rings is 1. The Kier molecular flexibility index (Phi) is 5.64. The first-order valence-electron chi connectivity index (χ1n) is 7.53. The molecule has 116 valence electrons. The van der Waals surface area contributed by atoms with Gasteiger partial charge in [0.15, 0.2) is 0 Å². The number of rotatable bonds is 5. The molecule has 2 rings (SSSR count). The van der Waals surface area contributed by atoms with Crippen LogP contribution in [0.1, 0.15) is 30.1 Å². The zero-order chi connectivity index (χ0) is 15.2. The first-order valence-corrected chi connectivity index (χ1v) is 7.53. The second-order valence-corrected chi connectivity index (χ2v) is 5.74. The smallest absolute Gasteiger partial charge is 0.234 e. The van der Waals surface area contributed by atoms with Gasteiger partial charge in [-0.05, 0) is 52.9 Å². The third-order valence-corrected chi connectivity index (χ3v) is 3.80. The highest BCUT2D eigenvalue weighted by Crippen LogP contribution is 2.09. The van der Waals surface area contributed by atoms with E-state index in [9.17, 15) is 4.79 Å². The van der Waals surface area contributed by atoms with Crippen molar-refractivity contribution in [3.8, 4) is 0 Å². The molecule has 0 spiro atoms. The molecule has 1 amide bonds. The maximum Gasteiger partial charge on any atom is 0.234 e. The first-order chi connectivity index (χ1) is 10.0. The van der Waals surface area contributed by atoms with Crippen molar-refractivity contribution < 1.29 is 4.79 Å². The summed E-state index contributed by atoms with van der Waals surface area (Å²) in [6, 6.07) is 2.42. The van der Waals surface area contributed by atoms with Gasteiger partial charge in [-0.25, -0.2) is 9.97 Å². The van der Waals surface area contributed by atoms with E-state index in [1.165, 1.54) is 0 Å². The van der Waals surface area contributed by atoms with Crippen LogP contribution in [0.4, 0.5) is 0 Å². The summed E-state index contributed by atoms with van der Waals surface area (Å²) in [6.07, 6.45) is 2.20. The Morgan fingerprint density at radius 2 is 1.95 bits per heavy atom. The first kappa shape index (κ1) is 15.9. The summed E-state index contributed by atoms with van der Waals surface area (Å²) in [7, 11) is 2.02. The fourth-order valence-electron chi connectivity index (χ4n) is 2.71. The average molecular weight is 291 g/mol. The number of amides is 1. The summed E-state index contributed by atoms with van der Waals surface area (Å²) in [6.45, 7) is 6.76. The van der Waals surface area contributed by atoms with Crippen LogP contribution >= 0.6 is 0 Å². The van der Waals surface area contributed by atoms with Gasteiger partial charge in [-0.1, -0.05) is 0 Å².